The molecule has 0 saturated carbocycles. The molecule has 9 heteroatoms. The number of hydrogen-bond acceptors (Lipinski definition) is 5. The number of urea groups is 1. The van der Waals surface area contributed by atoms with Gasteiger partial charge in [-0.1, -0.05) is 12.1 Å². The Hall–Kier alpha value is -3.59. The van der Waals surface area contributed by atoms with Crippen molar-refractivity contribution in [1.29, 1.82) is 0 Å². The van der Waals surface area contributed by atoms with Gasteiger partial charge < -0.3 is 19.7 Å². The topological polar surface area (TPSA) is 89.1 Å². The van der Waals surface area contributed by atoms with E-state index >= 15 is 0 Å². The quantitative estimate of drug-likeness (QED) is 0.564. The second kappa shape index (κ2) is 7.73. The van der Waals surface area contributed by atoms with Crippen LogP contribution >= 0.6 is 0 Å². The lowest BCUT2D eigenvalue weighted by atomic mass is 9.81. The fraction of sp³-hybridized carbons (Fsp3) is 0.360. The van der Waals surface area contributed by atoms with E-state index in [1.165, 1.54) is 18.1 Å². The monoisotopic (exact) mass is 466 g/mol. The minimum atomic E-state index is -1.14. The number of phenols is 1. The van der Waals surface area contributed by atoms with E-state index in [1.54, 1.807) is 36.1 Å². The molecule has 1 saturated heterocycles. The van der Waals surface area contributed by atoms with Crippen molar-refractivity contribution in [3.05, 3.63) is 59.0 Å². The molecule has 2 aliphatic rings. The number of halogens is 1. The van der Waals surface area contributed by atoms with Crippen molar-refractivity contribution in [2.75, 3.05) is 34.3 Å². The van der Waals surface area contributed by atoms with Crippen LogP contribution in [0.4, 0.5) is 9.18 Å². The fourth-order valence-corrected chi connectivity index (χ4v) is 5.21. The number of imide groups is 1. The molecule has 1 aromatic heterocycles. The first kappa shape index (κ1) is 22.2. The third kappa shape index (κ3) is 3.14. The Bertz CT molecular complexity index is 1320. The molecule has 2 aromatic carbocycles. The predicted molar refractivity (Wildman–Crippen MR) is 124 cm³/mol. The molecule has 178 valence electrons. The number of hydrogen-bond donors (Lipinski definition) is 2. The number of nitrogens with zero attached hydrogens (tertiary/aromatic N) is 3. The smallest absolute Gasteiger partial charge is 0.328 e. The summed E-state index contributed by atoms with van der Waals surface area (Å²) < 4.78 is 19.7. The average molecular weight is 467 g/mol. The van der Waals surface area contributed by atoms with Crippen molar-refractivity contribution in [2.45, 2.75) is 24.9 Å². The maximum absolute atomic E-state index is 14.5. The molecule has 2 aliphatic heterocycles. The van der Waals surface area contributed by atoms with Gasteiger partial charge in [0.1, 0.15) is 17.3 Å². The summed E-state index contributed by atoms with van der Waals surface area (Å²) in [6.07, 6.45) is 0.273. The van der Waals surface area contributed by atoms with Gasteiger partial charge in [-0.2, -0.15) is 0 Å². The molecular formula is C25H27FN4O4. The van der Waals surface area contributed by atoms with Crippen molar-refractivity contribution in [2.24, 2.45) is 0 Å². The molecule has 3 aromatic rings. The Kier molecular flexibility index (Phi) is 5.05. The fourth-order valence-electron chi connectivity index (χ4n) is 5.21. The minimum absolute atomic E-state index is 0.0533. The molecule has 34 heavy (non-hydrogen) atoms. The van der Waals surface area contributed by atoms with Crippen LogP contribution in [0.2, 0.25) is 0 Å². The lowest BCUT2D eigenvalue weighted by Gasteiger charge is -2.42. The van der Waals surface area contributed by atoms with Crippen LogP contribution < -0.4 is 4.74 Å². The Morgan fingerprint density at radius 3 is 2.71 bits per heavy atom. The second-order valence-electron chi connectivity index (χ2n) is 9.41. The standard InChI is InChI=1S/C25H27FN4O4/c1-25-13-17-16-11-20(34-4)18(26)12-19(16)27-21(17)22(14-6-5-7-15(31)10-14)30(25)24(33)29(23(25)32)9-8-28(2)3/h5-7,10-12,22,27,31H,8-9,13H2,1-4H3/t22-,25+/m1/s1. The van der Waals surface area contributed by atoms with Crippen molar-refractivity contribution < 1.29 is 23.8 Å². The molecular weight excluding hydrogens is 439 g/mol. The maximum Gasteiger partial charge on any atom is 0.328 e. The van der Waals surface area contributed by atoms with Crippen molar-refractivity contribution in [3.63, 3.8) is 0 Å². The van der Waals surface area contributed by atoms with Crippen LogP contribution in [0.25, 0.3) is 10.9 Å². The Labute approximate surface area is 196 Å². The highest BCUT2D eigenvalue weighted by molar-refractivity contribution is 6.08. The van der Waals surface area contributed by atoms with Gasteiger partial charge in [-0.25, -0.2) is 9.18 Å². The van der Waals surface area contributed by atoms with Gasteiger partial charge in [0, 0.05) is 42.2 Å². The van der Waals surface area contributed by atoms with Gasteiger partial charge in [-0.15, -0.1) is 0 Å². The minimum Gasteiger partial charge on any atom is -0.508 e. The Balaban J connectivity index is 1.73. The number of aromatic amines is 1. The molecule has 0 unspecified atom stereocenters. The number of aromatic nitrogens is 1. The number of carbonyl (C=O) groups is 2. The first-order valence-corrected chi connectivity index (χ1v) is 11.1. The summed E-state index contributed by atoms with van der Waals surface area (Å²) in [5.74, 6) is -0.607. The van der Waals surface area contributed by atoms with Crippen LogP contribution in [0.1, 0.15) is 29.8 Å². The Morgan fingerprint density at radius 2 is 2.03 bits per heavy atom. The van der Waals surface area contributed by atoms with Crippen LogP contribution in [0.15, 0.2) is 36.4 Å². The van der Waals surface area contributed by atoms with Gasteiger partial charge in [-0.05, 0) is 50.3 Å². The number of methoxy groups -OCH3 is 1. The number of likely N-dealkylation sites (N-methyl/N-ethyl adjacent to an activating group) is 1. The van der Waals surface area contributed by atoms with E-state index in [4.69, 9.17) is 4.74 Å². The van der Waals surface area contributed by atoms with Crippen LogP contribution in [0, 0.1) is 5.82 Å². The number of benzene rings is 2. The first-order chi connectivity index (χ1) is 16.2. The number of ether oxygens (including phenoxy) is 1. The number of aromatic hydroxyl groups is 1. The molecule has 3 heterocycles. The average Bonchev–Trinajstić information content (AvgIpc) is 3.21. The number of amides is 3. The summed E-state index contributed by atoms with van der Waals surface area (Å²) in [7, 11) is 5.18. The van der Waals surface area contributed by atoms with E-state index in [2.05, 4.69) is 4.98 Å². The molecule has 0 spiro atoms. The summed E-state index contributed by atoms with van der Waals surface area (Å²) in [4.78, 5) is 35.5. The van der Waals surface area contributed by atoms with Crippen molar-refractivity contribution >= 4 is 22.8 Å². The van der Waals surface area contributed by atoms with E-state index in [9.17, 15) is 19.1 Å². The predicted octanol–water partition coefficient (Wildman–Crippen LogP) is 3.25. The molecule has 3 amide bonds. The number of fused-ring (bicyclic) bond motifs is 4. The number of carbonyl (C=O) groups excluding carboxylic acids is 2. The van der Waals surface area contributed by atoms with Gasteiger partial charge in [0.15, 0.2) is 11.6 Å². The highest BCUT2D eigenvalue weighted by Gasteiger charge is 2.60. The molecule has 5 rings (SSSR count). The summed E-state index contributed by atoms with van der Waals surface area (Å²) in [6, 6.07) is 8.61. The van der Waals surface area contributed by atoms with Gasteiger partial charge in [0.05, 0.1) is 7.11 Å². The lowest BCUT2D eigenvalue weighted by Crippen LogP contribution is -2.53. The van der Waals surface area contributed by atoms with E-state index in [-0.39, 0.29) is 36.4 Å². The number of rotatable bonds is 5. The molecule has 0 bridgehead atoms. The molecule has 0 aliphatic carbocycles. The SMILES string of the molecule is COc1cc2c3c([nH]c2cc1F)[C@@H](c1cccc(O)c1)N1C(=O)N(CCN(C)C)C(=O)[C@]1(C)C3. The zero-order chi connectivity index (χ0) is 24.4. The third-order valence-electron chi connectivity index (χ3n) is 6.90. The van der Waals surface area contributed by atoms with Gasteiger partial charge in [0.2, 0.25) is 0 Å². The van der Waals surface area contributed by atoms with E-state index in [0.717, 1.165) is 10.9 Å². The van der Waals surface area contributed by atoms with E-state index in [1.807, 2.05) is 25.1 Å². The summed E-state index contributed by atoms with van der Waals surface area (Å²) in [6.45, 7) is 2.60. The van der Waals surface area contributed by atoms with E-state index in [0.29, 0.717) is 23.3 Å². The van der Waals surface area contributed by atoms with Crippen molar-refractivity contribution in [1.82, 2.24) is 19.7 Å². The zero-order valence-corrected chi connectivity index (χ0v) is 19.6. The number of phenolic OH excluding ortho intramolecular Hbond substituents is 1. The van der Waals surface area contributed by atoms with Crippen LogP contribution in [0.3, 0.4) is 0 Å². The van der Waals surface area contributed by atoms with Crippen LogP contribution in [-0.4, -0.2) is 76.6 Å². The molecule has 8 nitrogen and oxygen atoms in total. The van der Waals surface area contributed by atoms with Crippen molar-refractivity contribution in [3.8, 4) is 11.5 Å². The van der Waals surface area contributed by atoms with Gasteiger partial charge >= 0.3 is 6.03 Å². The molecule has 2 N–H and O–H groups in total. The number of nitrogens with one attached hydrogen (secondary N) is 1. The molecule has 0 radical (unpaired) electrons. The zero-order valence-electron chi connectivity index (χ0n) is 19.6. The van der Waals surface area contributed by atoms with E-state index < -0.39 is 17.4 Å². The van der Waals surface area contributed by atoms with Gasteiger partial charge in [0.25, 0.3) is 5.91 Å². The van der Waals surface area contributed by atoms with Crippen LogP contribution in [0.5, 0.6) is 11.5 Å². The highest BCUT2D eigenvalue weighted by Crippen LogP contribution is 2.49. The highest BCUT2D eigenvalue weighted by atomic mass is 19.1. The largest absolute Gasteiger partial charge is 0.508 e. The summed E-state index contributed by atoms with van der Waals surface area (Å²) in [5, 5.41) is 10.9. The van der Waals surface area contributed by atoms with Crippen LogP contribution in [-0.2, 0) is 11.2 Å². The third-order valence-corrected chi connectivity index (χ3v) is 6.90. The molecule has 2 atom stereocenters. The first-order valence-electron chi connectivity index (χ1n) is 11.1. The summed E-state index contributed by atoms with van der Waals surface area (Å²) >= 11 is 0. The summed E-state index contributed by atoms with van der Waals surface area (Å²) in [5.41, 5.74) is 1.60. The Morgan fingerprint density at radius 1 is 1.26 bits per heavy atom. The van der Waals surface area contributed by atoms with Gasteiger partial charge in [-0.3, -0.25) is 14.6 Å². The second-order valence-corrected chi connectivity index (χ2v) is 9.41. The normalized spacial score (nSPS) is 22.0. The lowest BCUT2D eigenvalue weighted by molar-refractivity contribution is -0.133. The maximum atomic E-state index is 14.5. The molecule has 1 fully saturated rings. The number of H-pyrrole nitrogens is 1.